The molecule has 0 aromatic heterocycles. The molecule has 0 amide bonds. The molecule has 2 unspecified atom stereocenters. The lowest BCUT2D eigenvalue weighted by atomic mass is 10.1. The molecule has 0 saturated carbocycles. The predicted octanol–water partition coefficient (Wildman–Crippen LogP) is 7.62. The van der Waals surface area contributed by atoms with Gasteiger partial charge in [-0.3, -0.25) is 0 Å². The van der Waals surface area contributed by atoms with Crippen molar-refractivity contribution in [3.05, 3.63) is 51.6 Å². The molecule has 0 radical (unpaired) electrons. The molecule has 1 aliphatic carbocycles. The van der Waals surface area contributed by atoms with Crippen molar-refractivity contribution in [1.29, 1.82) is 0 Å². The molecule has 0 aliphatic heterocycles. The maximum atomic E-state index is 2.56. The van der Waals surface area contributed by atoms with Gasteiger partial charge in [0.1, 0.15) is 8.07 Å². The molecule has 1 aliphatic rings. The highest BCUT2D eigenvalue weighted by Crippen LogP contribution is 2.55. The van der Waals surface area contributed by atoms with E-state index in [9.17, 15) is 0 Å². The van der Waals surface area contributed by atoms with E-state index in [-0.39, 0.29) is 0 Å². The molecule has 0 fully saturated rings. The van der Waals surface area contributed by atoms with Crippen LogP contribution in [0.1, 0.15) is 79.4 Å². The van der Waals surface area contributed by atoms with E-state index in [2.05, 4.69) is 87.4 Å². The normalized spacial score (nSPS) is 20.5. The quantitative estimate of drug-likeness (QED) is 0.453. The van der Waals surface area contributed by atoms with Crippen LogP contribution in [0.4, 0.5) is 0 Å². The van der Waals surface area contributed by atoms with Crippen LogP contribution >= 0.6 is 0 Å². The molecule has 144 valence electrons. The molecule has 0 bridgehead atoms. The Labute approximate surface area is 163 Å². The van der Waals surface area contributed by atoms with Crippen molar-refractivity contribution in [2.24, 2.45) is 0 Å². The molecule has 1 aromatic carbocycles. The summed E-state index contributed by atoms with van der Waals surface area (Å²) in [5.74, 6) is 0. The highest BCUT2D eigenvalue weighted by molar-refractivity contribution is 6.96. The molecule has 0 saturated heterocycles. The molecule has 0 N–H and O–H groups in total. The summed E-state index contributed by atoms with van der Waals surface area (Å²) in [7, 11) is -1.83. The molecule has 1 aromatic rings. The van der Waals surface area contributed by atoms with Gasteiger partial charge in [-0.2, -0.15) is 0 Å². The second-order valence-electron chi connectivity index (χ2n) is 8.98. The van der Waals surface area contributed by atoms with Crippen molar-refractivity contribution < 1.29 is 0 Å². The van der Waals surface area contributed by atoms with Gasteiger partial charge in [0, 0.05) is 5.54 Å². The first-order chi connectivity index (χ1) is 12.1. The van der Waals surface area contributed by atoms with Crippen LogP contribution in [0.3, 0.4) is 0 Å². The van der Waals surface area contributed by atoms with E-state index >= 15 is 0 Å². The number of aryl methyl sites for hydroxylation is 2. The molecular formula is C25H40Si. The minimum atomic E-state index is -1.83. The third-order valence-electron chi connectivity index (χ3n) is 7.67. The van der Waals surface area contributed by atoms with Crippen molar-refractivity contribution in [1.82, 2.24) is 0 Å². The topological polar surface area (TPSA) is 0 Å². The Balaban J connectivity index is 2.90. The summed E-state index contributed by atoms with van der Waals surface area (Å²) in [5, 5.41) is 1.70. The molecule has 26 heavy (non-hydrogen) atoms. The minimum absolute atomic E-state index is 0.661. The third kappa shape index (κ3) is 3.17. The van der Waals surface area contributed by atoms with Crippen LogP contribution in [0.25, 0.3) is 0 Å². The van der Waals surface area contributed by atoms with Gasteiger partial charge in [-0.05, 0) is 63.8 Å². The molecule has 2 atom stereocenters. The summed E-state index contributed by atoms with van der Waals surface area (Å²) in [5.41, 5.74) is 11.5. The van der Waals surface area contributed by atoms with E-state index < -0.39 is 8.07 Å². The van der Waals surface area contributed by atoms with E-state index in [1.54, 1.807) is 27.5 Å². The number of hydrogen-bond acceptors (Lipinski definition) is 0. The zero-order chi connectivity index (χ0) is 19.8. The summed E-state index contributed by atoms with van der Waals surface area (Å²) in [6.07, 6.45) is 2.55. The Morgan fingerprint density at radius 1 is 0.731 bits per heavy atom. The first-order valence-electron chi connectivity index (χ1n) is 10.6. The third-order valence-corrected chi connectivity index (χ3v) is 14.9. The van der Waals surface area contributed by atoms with Crippen molar-refractivity contribution in [2.75, 3.05) is 0 Å². The second-order valence-corrected chi connectivity index (χ2v) is 14.0. The zero-order valence-electron chi connectivity index (χ0n) is 18.9. The molecule has 0 heterocycles. The fourth-order valence-corrected chi connectivity index (χ4v) is 13.5. The van der Waals surface area contributed by atoms with E-state index in [1.807, 2.05) is 0 Å². The Morgan fingerprint density at radius 2 is 1.12 bits per heavy atom. The lowest BCUT2D eigenvalue weighted by Crippen LogP contribution is -2.58. The fourth-order valence-electron chi connectivity index (χ4n) is 5.76. The average Bonchev–Trinajstić information content (AvgIpc) is 2.79. The van der Waals surface area contributed by atoms with Crippen LogP contribution in [0.15, 0.2) is 40.5 Å². The average molecular weight is 369 g/mol. The summed E-state index contributed by atoms with van der Waals surface area (Å²) in [6, 6.07) is 7.43. The molecule has 0 spiro atoms. The molecule has 1 heteroatoms. The Morgan fingerprint density at radius 3 is 1.46 bits per heavy atom. The van der Waals surface area contributed by atoms with Gasteiger partial charge in [-0.15, -0.1) is 0 Å². The van der Waals surface area contributed by atoms with Crippen LogP contribution < -0.4 is 5.19 Å². The highest BCUT2D eigenvalue weighted by atomic mass is 28.3. The van der Waals surface area contributed by atoms with Gasteiger partial charge in [-0.1, -0.05) is 86.2 Å². The van der Waals surface area contributed by atoms with Crippen LogP contribution in [0.2, 0.25) is 16.6 Å². The number of hydrogen-bond donors (Lipinski definition) is 0. The van der Waals surface area contributed by atoms with Gasteiger partial charge in [0.25, 0.3) is 0 Å². The van der Waals surface area contributed by atoms with Gasteiger partial charge in [0.2, 0.25) is 0 Å². The smallest absolute Gasteiger partial charge is 0.0654 e. The minimum Gasteiger partial charge on any atom is -0.0654 e. The van der Waals surface area contributed by atoms with Crippen molar-refractivity contribution in [3.8, 4) is 0 Å². The van der Waals surface area contributed by atoms with E-state index in [0.717, 1.165) is 11.1 Å². The van der Waals surface area contributed by atoms with Crippen molar-refractivity contribution in [3.63, 3.8) is 0 Å². The predicted molar refractivity (Wildman–Crippen MR) is 121 cm³/mol. The first-order valence-corrected chi connectivity index (χ1v) is 12.8. The molecule has 0 nitrogen and oxygen atoms in total. The van der Waals surface area contributed by atoms with Crippen LogP contribution in [-0.4, -0.2) is 8.07 Å². The van der Waals surface area contributed by atoms with Crippen LogP contribution in [0.5, 0.6) is 0 Å². The molecule has 2 rings (SSSR count). The number of benzene rings is 1. The highest BCUT2D eigenvalue weighted by Gasteiger charge is 2.52. The van der Waals surface area contributed by atoms with E-state index in [4.69, 9.17) is 0 Å². The Kier molecular flexibility index (Phi) is 6.43. The number of rotatable bonds is 6. The SMILES string of the molecule is CCC(C)[Si](c1cc(C)cc(C)c1)(C(C)CC)C1C(C)=C(C)C(C)=C1C. The van der Waals surface area contributed by atoms with Crippen molar-refractivity contribution >= 4 is 13.3 Å². The summed E-state index contributed by atoms with van der Waals surface area (Å²) < 4.78 is 0. The van der Waals surface area contributed by atoms with Gasteiger partial charge < -0.3 is 0 Å². The largest absolute Gasteiger partial charge is 0.103 e. The Bertz CT molecular complexity index is 680. The summed E-state index contributed by atoms with van der Waals surface area (Å²) in [6.45, 7) is 24.0. The van der Waals surface area contributed by atoms with Gasteiger partial charge >= 0.3 is 0 Å². The molecular weight excluding hydrogens is 328 g/mol. The second kappa shape index (κ2) is 7.88. The first kappa shape index (κ1) is 21.2. The van der Waals surface area contributed by atoms with E-state index in [1.165, 1.54) is 24.0 Å². The standard InChI is InChI=1S/C25H40Si/c1-11-18(5)26(19(6)12-2,24-14-16(3)13-17(4)15-24)25-22(9)20(7)21(8)23(25)10/h13-15,18-19,25H,11-12H2,1-10H3. The maximum absolute atomic E-state index is 2.56. The van der Waals surface area contributed by atoms with Crippen LogP contribution in [-0.2, 0) is 0 Å². The van der Waals surface area contributed by atoms with Gasteiger partial charge in [0.15, 0.2) is 0 Å². The fraction of sp³-hybridized carbons (Fsp3) is 0.600. The number of allylic oxidation sites excluding steroid dienone is 4. The lowest BCUT2D eigenvalue weighted by Gasteiger charge is -2.48. The zero-order valence-corrected chi connectivity index (χ0v) is 19.9. The van der Waals surface area contributed by atoms with Crippen LogP contribution in [0, 0.1) is 13.8 Å². The monoisotopic (exact) mass is 368 g/mol. The van der Waals surface area contributed by atoms with Gasteiger partial charge in [-0.25, -0.2) is 0 Å². The maximum Gasteiger partial charge on any atom is 0.103 e. The van der Waals surface area contributed by atoms with Gasteiger partial charge in [0.05, 0.1) is 0 Å². The summed E-state index contributed by atoms with van der Waals surface area (Å²) in [4.78, 5) is 0. The lowest BCUT2D eigenvalue weighted by molar-refractivity contribution is 0.740. The van der Waals surface area contributed by atoms with Crippen molar-refractivity contribution in [2.45, 2.75) is 98.7 Å². The Hall–Kier alpha value is -1.08. The van der Waals surface area contributed by atoms with E-state index in [0.29, 0.717) is 5.54 Å². The summed E-state index contributed by atoms with van der Waals surface area (Å²) >= 11 is 0.